The lowest BCUT2D eigenvalue weighted by molar-refractivity contribution is -0.119. The van der Waals surface area contributed by atoms with Crippen molar-refractivity contribution >= 4 is 65.9 Å². The van der Waals surface area contributed by atoms with Gasteiger partial charge in [0.2, 0.25) is 5.82 Å². The number of primary amides is 1. The van der Waals surface area contributed by atoms with E-state index in [0.717, 1.165) is 9.86 Å². The Morgan fingerprint density at radius 3 is 2.73 bits per heavy atom. The number of furan rings is 1. The Hall–Kier alpha value is -3.96. The van der Waals surface area contributed by atoms with Crippen LogP contribution >= 0.6 is 31.9 Å². The lowest BCUT2D eigenvalue weighted by Gasteiger charge is -2.12. The molecule has 37 heavy (non-hydrogen) atoms. The van der Waals surface area contributed by atoms with Gasteiger partial charge in [0.1, 0.15) is 5.58 Å². The van der Waals surface area contributed by atoms with Crippen molar-refractivity contribution in [1.29, 1.82) is 0 Å². The molecule has 1 amide bonds. The van der Waals surface area contributed by atoms with Gasteiger partial charge in [-0.25, -0.2) is 4.98 Å². The number of carbonyl (C=O) groups is 1. The lowest BCUT2D eigenvalue weighted by Crippen LogP contribution is -2.20. The van der Waals surface area contributed by atoms with E-state index in [2.05, 4.69) is 37.0 Å². The molecule has 5 aromatic rings. The third-order valence-corrected chi connectivity index (χ3v) is 6.60. The van der Waals surface area contributed by atoms with Crippen LogP contribution in [0.25, 0.3) is 33.5 Å². The molecule has 0 saturated heterocycles. The number of hydrogen-bond acceptors (Lipinski definition) is 7. The van der Waals surface area contributed by atoms with Crippen LogP contribution in [0.4, 0.5) is 0 Å². The monoisotopic (exact) mass is 624 g/mol. The topological polar surface area (TPSA) is 122 Å². The average Bonchev–Trinajstić information content (AvgIpc) is 3.30. The molecule has 0 spiro atoms. The Balaban J connectivity index is 1.64. The van der Waals surface area contributed by atoms with E-state index in [0.29, 0.717) is 43.8 Å². The Bertz CT molecular complexity index is 1760. The number of ether oxygens (including phenoxy) is 2. The molecule has 0 radical (unpaired) electrons. The summed E-state index contributed by atoms with van der Waals surface area (Å²) >= 11 is 6.94. The van der Waals surface area contributed by atoms with Crippen molar-refractivity contribution in [2.45, 2.75) is 0 Å². The van der Waals surface area contributed by atoms with Gasteiger partial charge in [-0.05, 0) is 64.5 Å². The van der Waals surface area contributed by atoms with Crippen molar-refractivity contribution in [2.75, 3.05) is 13.7 Å². The lowest BCUT2D eigenvalue weighted by atomic mass is 10.2. The van der Waals surface area contributed by atoms with Gasteiger partial charge in [-0.1, -0.05) is 28.1 Å². The molecule has 0 unspecified atom stereocenters. The third-order valence-electron chi connectivity index (χ3n) is 5.42. The normalized spacial score (nSPS) is 11.4. The van der Waals surface area contributed by atoms with Crippen molar-refractivity contribution in [3.05, 3.63) is 85.5 Å². The van der Waals surface area contributed by atoms with E-state index < -0.39 is 5.91 Å². The van der Waals surface area contributed by atoms with E-state index >= 15 is 0 Å². The molecule has 0 saturated carbocycles. The van der Waals surface area contributed by atoms with Crippen LogP contribution in [0.3, 0.4) is 0 Å². The average molecular weight is 626 g/mol. The number of halogens is 2. The molecule has 0 aliphatic heterocycles. The van der Waals surface area contributed by atoms with E-state index in [-0.39, 0.29) is 18.0 Å². The Labute approximate surface area is 226 Å². The number of fused-ring (bicyclic) bond motifs is 2. The zero-order chi connectivity index (χ0) is 26.1. The van der Waals surface area contributed by atoms with Crippen LogP contribution in [0.15, 0.2) is 83.9 Å². The zero-order valence-electron chi connectivity index (χ0n) is 19.3. The Morgan fingerprint density at radius 2 is 1.95 bits per heavy atom. The molecule has 0 bridgehead atoms. The number of hydrogen-bond donors (Lipinski definition) is 1. The predicted octanol–water partition coefficient (Wildman–Crippen LogP) is 5.09. The molecule has 186 valence electrons. The number of aromatic nitrogens is 2. The fourth-order valence-corrected chi connectivity index (χ4v) is 4.51. The van der Waals surface area contributed by atoms with Crippen molar-refractivity contribution in [3.63, 3.8) is 0 Å². The summed E-state index contributed by atoms with van der Waals surface area (Å²) in [6.45, 7) is -0.300. The number of amides is 1. The van der Waals surface area contributed by atoms with Crippen molar-refractivity contribution in [3.8, 4) is 23.1 Å². The van der Waals surface area contributed by atoms with Gasteiger partial charge in [0.05, 0.1) is 24.2 Å². The maximum Gasteiger partial charge on any atom is 0.282 e. The standard InChI is InChI=1S/C26H18Br2N4O5/c1-35-21-10-15(18(28)11-22(21)36-13-24(29)33)12-30-32-25(31-19-5-3-2-4-17(19)26(32)34)23-9-14-8-16(27)6-7-20(14)37-23/h2-12H,13H2,1H3,(H2,29,33). The highest BCUT2D eigenvalue weighted by Gasteiger charge is 2.17. The van der Waals surface area contributed by atoms with Crippen LogP contribution in [-0.2, 0) is 4.79 Å². The molecule has 2 aromatic heterocycles. The van der Waals surface area contributed by atoms with E-state index in [9.17, 15) is 9.59 Å². The molecule has 2 N–H and O–H groups in total. The molecular weight excluding hydrogens is 608 g/mol. The number of benzene rings is 3. The van der Waals surface area contributed by atoms with E-state index in [4.69, 9.17) is 24.6 Å². The van der Waals surface area contributed by atoms with Crippen LogP contribution in [0.2, 0.25) is 0 Å². The summed E-state index contributed by atoms with van der Waals surface area (Å²) in [5, 5.41) is 5.74. The Morgan fingerprint density at radius 1 is 1.14 bits per heavy atom. The SMILES string of the molecule is COc1cc(C=Nn2c(-c3cc4cc(Br)ccc4o3)nc3ccccc3c2=O)c(Br)cc1OCC(N)=O. The number of nitrogens with two attached hydrogens (primary N) is 1. The van der Waals surface area contributed by atoms with Gasteiger partial charge in [0, 0.05) is 19.9 Å². The minimum absolute atomic E-state index is 0.247. The largest absolute Gasteiger partial charge is 0.493 e. The van der Waals surface area contributed by atoms with Crippen LogP contribution in [0.5, 0.6) is 11.5 Å². The number of carbonyl (C=O) groups excluding carboxylic acids is 1. The first-order valence-electron chi connectivity index (χ1n) is 10.9. The first-order valence-corrected chi connectivity index (χ1v) is 12.5. The number of methoxy groups -OCH3 is 1. The van der Waals surface area contributed by atoms with E-state index in [1.54, 1.807) is 30.3 Å². The highest BCUT2D eigenvalue weighted by Crippen LogP contribution is 2.33. The molecule has 0 atom stereocenters. The second-order valence-electron chi connectivity index (χ2n) is 7.89. The molecule has 0 aliphatic carbocycles. The molecule has 3 aromatic carbocycles. The molecule has 2 heterocycles. The molecule has 0 aliphatic rings. The zero-order valence-corrected chi connectivity index (χ0v) is 22.4. The first-order chi connectivity index (χ1) is 17.8. The summed E-state index contributed by atoms with van der Waals surface area (Å²) in [5.41, 5.74) is 6.57. The summed E-state index contributed by atoms with van der Waals surface area (Å²) in [6, 6.07) is 17.8. The van der Waals surface area contributed by atoms with Gasteiger partial charge in [-0.3, -0.25) is 9.59 Å². The highest BCUT2D eigenvalue weighted by atomic mass is 79.9. The van der Waals surface area contributed by atoms with Crippen molar-refractivity contribution < 1.29 is 18.7 Å². The van der Waals surface area contributed by atoms with Crippen LogP contribution in [0.1, 0.15) is 5.56 Å². The Kier molecular flexibility index (Phi) is 6.81. The maximum absolute atomic E-state index is 13.5. The molecular formula is C26H18Br2N4O5. The van der Waals surface area contributed by atoms with Crippen LogP contribution in [-0.4, -0.2) is 35.5 Å². The third kappa shape index (κ3) is 5.00. The van der Waals surface area contributed by atoms with Crippen molar-refractivity contribution in [1.82, 2.24) is 9.66 Å². The predicted molar refractivity (Wildman–Crippen MR) is 147 cm³/mol. The minimum Gasteiger partial charge on any atom is -0.493 e. The minimum atomic E-state index is -0.613. The number of para-hydroxylation sites is 1. The quantitative estimate of drug-likeness (QED) is 0.252. The molecule has 0 fully saturated rings. The van der Waals surface area contributed by atoms with Crippen molar-refractivity contribution in [2.24, 2.45) is 10.8 Å². The van der Waals surface area contributed by atoms with Crippen LogP contribution < -0.4 is 20.8 Å². The van der Waals surface area contributed by atoms with E-state index in [1.807, 2.05) is 30.3 Å². The fourth-order valence-electron chi connectivity index (χ4n) is 3.71. The number of nitrogens with zero attached hydrogens (tertiary/aromatic N) is 3. The van der Waals surface area contributed by atoms with Gasteiger partial charge in [0.25, 0.3) is 11.5 Å². The summed E-state index contributed by atoms with van der Waals surface area (Å²) in [4.78, 5) is 29.3. The first kappa shape index (κ1) is 24.7. The van der Waals surface area contributed by atoms with Gasteiger partial charge >= 0.3 is 0 Å². The van der Waals surface area contributed by atoms with E-state index in [1.165, 1.54) is 18.0 Å². The maximum atomic E-state index is 13.5. The second-order valence-corrected chi connectivity index (χ2v) is 9.66. The molecule has 11 heteroatoms. The summed E-state index contributed by atoms with van der Waals surface area (Å²) < 4.78 is 19.5. The molecule has 9 nitrogen and oxygen atoms in total. The molecule has 5 rings (SSSR count). The summed E-state index contributed by atoms with van der Waals surface area (Å²) in [5.74, 6) is 0.705. The summed E-state index contributed by atoms with van der Waals surface area (Å²) in [6.07, 6.45) is 1.49. The fraction of sp³-hybridized carbons (Fsp3) is 0.0769. The highest BCUT2D eigenvalue weighted by molar-refractivity contribution is 9.10. The number of rotatable bonds is 7. The van der Waals surface area contributed by atoms with Gasteiger partial charge in [-0.2, -0.15) is 9.78 Å². The van der Waals surface area contributed by atoms with Gasteiger partial charge in [-0.15, -0.1) is 0 Å². The van der Waals surface area contributed by atoms with Gasteiger partial charge < -0.3 is 19.6 Å². The summed E-state index contributed by atoms with van der Waals surface area (Å²) in [7, 11) is 1.47. The smallest absolute Gasteiger partial charge is 0.282 e. The van der Waals surface area contributed by atoms with Gasteiger partial charge in [0.15, 0.2) is 23.9 Å². The second kappa shape index (κ2) is 10.2. The van der Waals surface area contributed by atoms with Crippen LogP contribution in [0, 0.1) is 0 Å².